The number of nitrogens with zero attached hydrogens (tertiary/aromatic N) is 1. The third-order valence-electron chi connectivity index (χ3n) is 3.53. The second-order valence-corrected chi connectivity index (χ2v) is 5.40. The van der Waals surface area contributed by atoms with Crippen molar-refractivity contribution in [1.82, 2.24) is 0 Å². The minimum Gasteiger partial charge on any atom is -0.402 e. The molecule has 2 rings (SSSR count). The Bertz CT molecular complexity index is 823. The summed E-state index contributed by atoms with van der Waals surface area (Å²) in [6.07, 6.45) is 0.806. The minimum atomic E-state index is -2.94. The van der Waals surface area contributed by atoms with Gasteiger partial charge in [0, 0.05) is 40.8 Å². The Hall–Kier alpha value is -2.90. The fraction of sp³-hybridized carbons (Fsp3) is 0.250. The van der Waals surface area contributed by atoms with Gasteiger partial charge >= 0.3 is 6.55 Å². The largest absolute Gasteiger partial charge is 0.402 e. The SMILES string of the molecule is C/C(N)=C(/C=N/C(F)F)c1ccc(NCc2c(F)cccc2F)cc1F.CC. The lowest BCUT2D eigenvalue weighted by Crippen LogP contribution is -2.06. The highest BCUT2D eigenvalue weighted by Crippen LogP contribution is 2.23. The number of benzene rings is 2. The molecule has 8 heteroatoms. The van der Waals surface area contributed by atoms with Gasteiger partial charge in [0.2, 0.25) is 0 Å². The molecule has 3 nitrogen and oxygen atoms in total. The van der Waals surface area contributed by atoms with Crippen molar-refractivity contribution >= 4 is 17.5 Å². The lowest BCUT2D eigenvalue weighted by atomic mass is 10.0. The van der Waals surface area contributed by atoms with E-state index in [4.69, 9.17) is 5.73 Å². The van der Waals surface area contributed by atoms with Crippen LogP contribution in [0, 0.1) is 17.5 Å². The fourth-order valence-electron chi connectivity index (χ4n) is 2.25. The van der Waals surface area contributed by atoms with Crippen molar-refractivity contribution in [3.05, 3.63) is 70.7 Å². The molecule has 0 radical (unpaired) electrons. The third-order valence-corrected chi connectivity index (χ3v) is 3.53. The molecule has 0 heterocycles. The van der Waals surface area contributed by atoms with E-state index in [9.17, 15) is 22.0 Å². The highest BCUT2D eigenvalue weighted by atomic mass is 19.3. The molecule has 0 bridgehead atoms. The topological polar surface area (TPSA) is 50.4 Å². The van der Waals surface area contributed by atoms with Crippen LogP contribution in [0.4, 0.5) is 27.6 Å². The van der Waals surface area contributed by atoms with Gasteiger partial charge in [0.1, 0.15) is 17.5 Å². The smallest absolute Gasteiger partial charge is 0.331 e. The second-order valence-electron chi connectivity index (χ2n) is 5.40. The maximum atomic E-state index is 14.3. The Morgan fingerprint density at radius 2 is 1.68 bits per heavy atom. The Morgan fingerprint density at radius 3 is 2.18 bits per heavy atom. The monoisotopic (exact) mass is 399 g/mol. The Labute approximate surface area is 160 Å². The molecule has 28 heavy (non-hydrogen) atoms. The van der Waals surface area contributed by atoms with E-state index < -0.39 is 24.0 Å². The number of allylic oxidation sites excluding steroid dienone is 2. The van der Waals surface area contributed by atoms with E-state index in [0.29, 0.717) is 0 Å². The number of halogens is 5. The Morgan fingerprint density at radius 1 is 1.07 bits per heavy atom. The molecule has 0 fully saturated rings. The summed E-state index contributed by atoms with van der Waals surface area (Å²) in [5, 5.41) is 2.71. The van der Waals surface area contributed by atoms with Crippen LogP contribution in [0.2, 0.25) is 0 Å². The van der Waals surface area contributed by atoms with Crippen molar-refractivity contribution < 1.29 is 22.0 Å². The fourth-order valence-corrected chi connectivity index (χ4v) is 2.25. The molecule has 0 amide bonds. The van der Waals surface area contributed by atoms with Crippen molar-refractivity contribution in [1.29, 1.82) is 0 Å². The van der Waals surface area contributed by atoms with Crippen molar-refractivity contribution in [2.75, 3.05) is 5.32 Å². The average molecular weight is 399 g/mol. The molecule has 0 aromatic heterocycles. The van der Waals surface area contributed by atoms with Crippen molar-refractivity contribution in [2.24, 2.45) is 10.7 Å². The van der Waals surface area contributed by atoms with Gasteiger partial charge in [-0.3, -0.25) is 0 Å². The van der Waals surface area contributed by atoms with Crippen LogP contribution in [-0.4, -0.2) is 12.8 Å². The number of nitrogens with two attached hydrogens (primary N) is 1. The summed E-state index contributed by atoms with van der Waals surface area (Å²) in [6, 6.07) is 7.31. The normalized spacial score (nSPS) is 11.9. The van der Waals surface area contributed by atoms with Crippen LogP contribution < -0.4 is 11.1 Å². The van der Waals surface area contributed by atoms with Gasteiger partial charge in [-0.2, -0.15) is 8.78 Å². The zero-order valence-corrected chi connectivity index (χ0v) is 15.7. The molecule has 0 saturated carbocycles. The Kier molecular flexibility index (Phi) is 9.14. The third kappa shape index (κ3) is 6.37. The zero-order chi connectivity index (χ0) is 21.3. The van der Waals surface area contributed by atoms with Gasteiger partial charge in [0.05, 0.1) is 0 Å². The van der Waals surface area contributed by atoms with E-state index in [1.807, 2.05) is 13.8 Å². The van der Waals surface area contributed by atoms with Crippen LogP contribution in [0.15, 0.2) is 47.1 Å². The summed E-state index contributed by atoms with van der Waals surface area (Å²) < 4.78 is 66.0. The molecule has 2 aromatic carbocycles. The number of alkyl halides is 2. The van der Waals surface area contributed by atoms with Crippen molar-refractivity contribution in [3.8, 4) is 0 Å². The summed E-state index contributed by atoms with van der Waals surface area (Å²) in [5.41, 5.74) is 5.80. The van der Waals surface area contributed by atoms with E-state index in [0.717, 1.165) is 24.4 Å². The standard InChI is InChI=1S/C18H16F5N3.C2H6/c1-10(24)13(8-26-18(22)23)12-6-5-11(7-17(12)21)25-9-14-15(19)3-2-4-16(14)20;1-2/h2-8,18,25H,9,24H2,1H3;1-2H3/b13-10+,26-8+;. The molecule has 0 atom stereocenters. The van der Waals surface area contributed by atoms with E-state index >= 15 is 0 Å². The molecule has 0 aliphatic carbocycles. The van der Waals surface area contributed by atoms with Crippen molar-refractivity contribution in [3.63, 3.8) is 0 Å². The molecule has 0 saturated heterocycles. The number of hydrogen-bond acceptors (Lipinski definition) is 3. The maximum absolute atomic E-state index is 14.3. The summed E-state index contributed by atoms with van der Waals surface area (Å²) in [7, 11) is 0. The molecule has 2 aromatic rings. The van der Waals surface area contributed by atoms with Gasteiger partial charge in [0.15, 0.2) is 0 Å². The highest BCUT2D eigenvalue weighted by molar-refractivity contribution is 6.10. The van der Waals surface area contributed by atoms with Crippen LogP contribution in [0.25, 0.3) is 5.57 Å². The number of nitrogens with one attached hydrogen (secondary N) is 1. The summed E-state index contributed by atoms with van der Waals surface area (Å²) in [6.45, 7) is 2.30. The van der Waals surface area contributed by atoms with E-state index in [1.165, 1.54) is 25.1 Å². The van der Waals surface area contributed by atoms with Gasteiger partial charge in [0.25, 0.3) is 0 Å². The number of rotatable bonds is 6. The van der Waals surface area contributed by atoms with Gasteiger partial charge in [-0.25, -0.2) is 18.2 Å². The Balaban J connectivity index is 0.00000190. The molecule has 0 spiro atoms. The van der Waals surface area contributed by atoms with E-state index in [-0.39, 0.29) is 34.6 Å². The van der Waals surface area contributed by atoms with Crippen LogP contribution in [0.1, 0.15) is 31.9 Å². The van der Waals surface area contributed by atoms with Crippen LogP contribution in [-0.2, 0) is 6.54 Å². The highest BCUT2D eigenvalue weighted by Gasteiger charge is 2.12. The van der Waals surface area contributed by atoms with Crippen LogP contribution >= 0.6 is 0 Å². The van der Waals surface area contributed by atoms with E-state index in [2.05, 4.69) is 10.3 Å². The van der Waals surface area contributed by atoms with Crippen LogP contribution in [0.5, 0.6) is 0 Å². The molecule has 152 valence electrons. The predicted molar refractivity (Wildman–Crippen MR) is 103 cm³/mol. The first-order chi connectivity index (χ1) is 13.3. The average Bonchev–Trinajstić information content (AvgIpc) is 2.64. The van der Waals surface area contributed by atoms with Crippen LogP contribution in [0.3, 0.4) is 0 Å². The lowest BCUT2D eigenvalue weighted by Gasteiger charge is -2.11. The molecule has 0 aliphatic heterocycles. The number of anilines is 1. The molecular weight excluding hydrogens is 377 g/mol. The summed E-state index contributed by atoms with van der Waals surface area (Å²) in [4.78, 5) is 2.92. The van der Waals surface area contributed by atoms with Gasteiger partial charge in [-0.05, 0) is 37.3 Å². The summed E-state index contributed by atoms with van der Waals surface area (Å²) in [5.74, 6) is -2.19. The van der Waals surface area contributed by atoms with Gasteiger partial charge in [-0.15, -0.1) is 0 Å². The molecule has 0 unspecified atom stereocenters. The van der Waals surface area contributed by atoms with Crippen molar-refractivity contribution in [2.45, 2.75) is 33.9 Å². The zero-order valence-electron chi connectivity index (χ0n) is 15.7. The quantitative estimate of drug-likeness (QED) is 0.371. The maximum Gasteiger partial charge on any atom is 0.331 e. The summed E-state index contributed by atoms with van der Waals surface area (Å²) >= 11 is 0. The van der Waals surface area contributed by atoms with Gasteiger partial charge in [-0.1, -0.05) is 19.9 Å². The first-order valence-electron chi connectivity index (χ1n) is 8.54. The first-order valence-corrected chi connectivity index (χ1v) is 8.54. The first kappa shape index (κ1) is 23.1. The molecule has 3 N–H and O–H groups in total. The predicted octanol–water partition coefficient (Wildman–Crippen LogP) is 5.73. The number of aliphatic imine (C=N–C) groups is 1. The minimum absolute atomic E-state index is 0.0166. The van der Waals surface area contributed by atoms with E-state index in [1.54, 1.807) is 0 Å². The molecule has 0 aliphatic rings. The van der Waals surface area contributed by atoms with Gasteiger partial charge < -0.3 is 11.1 Å². The second kappa shape index (κ2) is 11.1. The lowest BCUT2D eigenvalue weighted by molar-refractivity contribution is 0.161. The molecular formula is C20H22F5N3. The number of hydrogen-bond donors (Lipinski definition) is 2.